The van der Waals surface area contributed by atoms with E-state index < -0.39 is 0 Å². The summed E-state index contributed by atoms with van der Waals surface area (Å²) < 4.78 is 19.1. The molecule has 0 fully saturated rings. The Morgan fingerprint density at radius 3 is 2.76 bits per heavy atom. The fourth-order valence-corrected chi connectivity index (χ4v) is 2.36. The van der Waals surface area contributed by atoms with E-state index in [4.69, 9.17) is 4.74 Å². The van der Waals surface area contributed by atoms with E-state index in [1.807, 2.05) is 31.2 Å². The number of nitrogens with one attached hydrogen (secondary N) is 1. The third-order valence-electron chi connectivity index (χ3n) is 3.73. The molecular formula is C19H18FN3O2. The minimum Gasteiger partial charge on any atom is -0.467 e. The van der Waals surface area contributed by atoms with Crippen LogP contribution in [0, 0.1) is 12.7 Å². The molecule has 1 heterocycles. The van der Waals surface area contributed by atoms with Gasteiger partial charge in [0.25, 0.3) is 5.91 Å². The van der Waals surface area contributed by atoms with Gasteiger partial charge in [0, 0.05) is 12.1 Å². The highest BCUT2D eigenvalue weighted by molar-refractivity contribution is 5.92. The molecule has 1 amide bonds. The van der Waals surface area contributed by atoms with Crippen molar-refractivity contribution in [1.82, 2.24) is 9.97 Å². The van der Waals surface area contributed by atoms with E-state index in [0.717, 1.165) is 10.9 Å². The molecule has 0 aliphatic carbocycles. The second-order valence-corrected chi connectivity index (χ2v) is 5.62. The number of rotatable bonds is 5. The van der Waals surface area contributed by atoms with Crippen molar-refractivity contribution in [2.24, 2.45) is 0 Å². The summed E-state index contributed by atoms with van der Waals surface area (Å²) in [4.78, 5) is 20.9. The van der Waals surface area contributed by atoms with E-state index in [2.05, 4.69) is 15.3 Å². The smallest absolute Gasteiger partial charge is 0.262 e. The lowest BCUT2D eigenvalue weighted by Crippen LogP contribution is -2.21. The molecule has 5 nitrogen and oxygen atoms in total. The van der Waals surface area contributed by atoms with Crippen LogP contribution in [0.15, 0.2) is 42.5 Å². The van der Waals surface area contributed by atoms with E-state index in [9.17, 15) is 9.18 Å². The Balaban J connectivity index is 1.73. The van der Waals surface area contributed by atoms with Gasteiger partial charge in [0.15, 0.2) is 6.61 Å². The van der Waals surface area contributed by atoms with Gasteiger partial charge in [0.05, 0.1) is 10.9 Å². The predicted octanol–water partition coefficient (Wildman–Crippen LogP) is 3.66. The summed E-state index contributed by atoms with van der Waals surface area (Å²) in [6.45, 7) is 3.39. The molecule has 2 aromatic carbocycles. The van der Waals surface area contributed by atoms with Crippen LogP contribution in [0.3, 0.4) is 0 Å². The normalized spacial score (nSPS) is 10.7. The lowest BCUT2D eigenvalue weighted by molar-refractivity contribution is -0.118. The number of ether oxygens (including phenoxy) is 1. The van der Waals surface area contributed by atoms with Gasteiger partial charge < -0.3 is 10.1 Å². The van der Waals surface area contributed by atoms with Gasteiger partial charge in [-0.2, -0.15) is 4.98 Å². The van der Waals surface area contributed by atoms with Gasteiger partial charge in [-0.15, -0.1) is 0 Å². The van der Waals surface area contributed by atoms with Crippen LogP contribution in [0.1, 0.15) is 18.3 Å². The van der Waals surface area contributed by atoms with Crippen molar-refractivity contribution in [3.8, 4) is 5.88 Å². The summed E-state index contributed by atoms with van der Waals surface area (Å²) in [5.41, 5.74) is 1.68. The number of para-hydroxylation sites is 1. The molecule has 0 aliphatic heterocycles. The number of benzene rings is 2. The van der Waals surface area contributed by atoms with Crippen LogP contribution < -0.4 is 10.1 Å². The first-order valence-electron chi connectivity index (χ1n) is 8.01. The Labute approximate surface area is 144 Å². The van der Waals surface area contributed by atoms with Crippen LogP contribution in [0.25, 0.3) is 10.9 Å². The van der Waals surface area contributed by atoms with Crippen molar-refractivity contribution in [2.45, 2.75) is 20.3 Å². The number of fused-ring (bicyclic) bond motifs is 1. The molecule has 128 valence electrons. The van der Waals surface area contributed by atoms with Crippen molar-refractivity contribution in [1.29, 1.82) is 0 Å². The Morgan fingerprint density at radius 1 is 1.20 bits per heavy atom. The lowest BCUT2D eigenvalue weighted by Gasteiger charge is -2.10. The molecule has 0 aliphatic rings. The molecule has 0 spiro atoms. The van der Waals surface area contributed by atoms with Gasteiger partial charge in [0.2, 0.25) is 5.88 Å². The van der Waals surface area contributed by atoms with Crippen molar-refractivity contribution >= 4 is 22.5 Å². The first-order chi connectivity index (χ1) is 12.1. The fraction of sp³-hybridized carbons (Fsp3) is 0.211. The number of carbonyl (C=O) groups is 1. The van der Waals surface area contributed by atoms with Gasteiger partial charge >= 0.3 is 0 Å². The number of hydrogen-bond donors (Lipinski definition) is 1. The Morgan fingerprint density at radius 2 is 2.00 bits per heavy atom. The van der Waals surface area contributed by atoms with E-state index in [-0.39, 0.29) is 18.3 Å². The van der Waals surface area contributed by atoms with Crippen LogP contribution in [0.5, 0.6) is 5.88 Å². The maximum absolute atomic E-state index is 13.5. The molecule has 1 N–H and O–H groups in total. The Hall–Kier alpha value is -3.02. The fourth-order valence-electron chi connectivity index (χ4n) is 2.36. The number of carbonyl (C=O) groups excluding carboxylic acids is 1. The van der Waals surface area contributed by atoms with E-state index in [0.29, 0.717) is 29.4 Å². The standard InChI is InChI=1S/C19H18FN3O2/c1-3-17-22-16-7-5-4-6-14(16)19(23-17)25-11-18(24)21-13-9-8-12(2)15(20)10-13/h4-10H,3,11H2,1-2H3,(H,21,24). The van der Waals surface area contributed by atoms with Crippen LogP contribution in [0.4, 0.5) is 10.1 Å². The third kappa shape index (κ3) is 3.91. The maximum Gasteiger partial charge on any atom is 0.262 e. The molecule has 0 saturated carbocycles. The average Bonchev–Trinajstić information content (AvgIpc) is 2.62. The molecule has 3 aromatic rings. The second-order valence-electron chi connectivity index (χ2n) is 5.62. The highest BCUT2D eigenvalue weighted by Crippen LogP contribution is 2.22. The summed E-state index contributed by atoms with van der Waals surface area (Å²) in [6.07, 6.45) is 0.663. The first-order valence-corrected chi connectivity index (χ1v) is 8.01. The highest BCUT2D eigenvalue weighted by Gasteiger charge is 2.11. The number of nitrogens with zero attached hydrogens (tertiary/aromatic N) is 2. The minimum absolute atomic E-state index is 0.223. The van der Waals surface area contributed by atoms with Gasteiger partial charge in [0.1, 0.15) is 11.6 Å². The lowest BCUT2D eigenvalue weighted by atomic mass is 10.2. The van der Waals surface area contributed by atoms with E-state index >= 15 is 0 Å². The summed E-state index contributed by atoms with van der Waals surface area (Å²) in [5.74, 6) is 0.263. The van der Waals surface area contributed by atoms with Crippen molar-refractivity contribution < 1.29 is 13.9 Å². The van der Waals surface area contributed by atoms with Gasteiger partial charge in [-0.3, -0.25) is 4.79 Å². The number of hydrogen-bond acceptors (Lipinski definition) is 4. The summed E-state index contributed by atoms with van der Waals surface area (Å²) >= 11 is 0. The molecule has 0 radical (unpaired) electrons. The molecule has 0 bridgehead atoms. The van der Waals surface area contributed by atoms with Crippen LogP contribution in [0.2, 0.25) is 0 Å². The summed E-state index contributed by atoms with van der Waals surface area (Å²) in [7, 11) is 0. The largest absolute Gasteiger partial charge is 0.467 e. The van der Waals surface area contributed by atoms with Crippen molar-refractivity contribution in [3.63, 3.8) is 0 Å². The SMILES string of the molecule is CCc1nc(OCC(=O)Nc2ccc(C)c(F)c2)c2ccccc2n1. The quantitative estimate of drug-likeness (QED) is 0.770. The zero-order valence-electron chi connectivity index (χ0n) is 14.0. The number of amides is 1. The summed E-state index contributed by atoms with van der Waals surface area (Å²) in [6, 6.07) is 12.0. The van der Waals surface area contributed by atoms with Crippen LogP contribution in [-0.4, -0.2) is 22.5 Å². The molecule has 0 unspecified atom stereocenters. The topological polar surface area (TPSA) is 64.1 Å². The monoisotopic (exact) mass is 339 g/mol. The van der Waals surface area contributed by atoms with Gasteiger partial charge in [-0.25, -0.2) is 9.37 Å². The molecular weight excluding hydrogens is 321 g/mol. The molecule has 25 heavy (non-hydrogen) atoms. The molecule has 0 saturated heterocycles. The maximum atomic E-state index is 13.5. The number of halogens is 1. The van der Waals surface area contributed by atoms with Gasteiger partial charge in [-0.1, -0.05) is 25.1 Å². The number of aromatic nitrogens is 2. The van der Waals surface area contributed by atoms with E-state index in [1.165, 1.54) is 6.07 Å². The Bertz CT molecular complexity index is 928. The second kappa shape index (κ2) is 7.25. The Kier molecular flexibility index (Phi) is 4.88. The van der Waals surface area contributed by atoms with Gasteiger partial charge in [-0.05, 0) is 36.8 Å². The van der Waals surface area contributed by atoms with Crippen molar-refractivity contribution in [3.05, 3.63) is 59.7 Å². The molecule has 1 aromatic heterocycles. The minimum atomic E-state index is -0.385. The van der Waals surface area contributed by atoms with Crippen molar-refractivity contribution in [2.75, 3.05) is 11.9 Å². The highest BCUT2D eigenvalue weighted by atomic mass is 19.1. The van der Waals surface area contributed by atoms with E-state index in [1.54, 1.807) is 19.1 Å². The predicted molar refractivity (Wildman–Crippen MR) is 94.2 cm³/mol. The van der Waals surface area contributed by atoms with Crippen LogP contribution in [-0.2, 0) is 11.2 Å². The third-order valence-corrected chi connectivity index (χ3v) is 3.73. The van der Waals surface area contributed by atoms with Crippen LogP contribution >= 0.6 is 0 Å². The average molecular weight is 339 g/mol. The zero-order valence-corrected chi connectivity index (χ0v) is 14.0. The zero-order chi connectivity index (χ0) is 17.8. The molecule has 3 rings (SSSR count). The molecule has 6 heteroatoms. The number of anilines is 1. The summed E-state index contributed by atoms with van der Waals surface area (Å²) in [5, 5.41) is 3.35. The first kappa shape index (κ1) is 16.8. The number of aryl methyl sites for hydroxylation is 2. The molecule has 0 atom stereocenters.